The first-order valence-electron chi connectivity index (χ1n) is 9.95. The maximum absolute atomic E-state index is 15.6. The summed E-state index contributed by atoms with van der Waals surface area (Å²) in [6.07, 6.45) is 2.86. The van der Waals surface area contributed by atoms with Gasteiger partial charge in [0.05, 0.1) is 0 Å². The number of carbonyl (C=O) groups is 3. The lowest BCUT2D eigenvalue weighted by Gasteiger charge is -2.57. The lowest BCUT2D eigenvalue weighted by atomic mass is 9.46. The zero-order valence-electron chi connectivity index (χ0n) is 16.3. The monoisotopic (exact) mass is 374 g/mol. The van der Waals surface area contributed by atoms with Gasteiger partial charge in [0, 0.05) is 29.7 Å². The van der Waals surface area contributed by atoms with E-state index in [1.807, 2.05) is 6.92 Å². The van der Waals surface area contributed by atoms with E-state index in [-0.39, 0.29) is 34.5 Å². The second-order valence-corrected chi connectivity index (χ2v) is 9.23. The molecule has 0 amide bonds. The van der Waals surface area contributed by atoms with Crippen LogP contribution in [-0.4, -0.2) is 23.7 Å². The van der Waals surface area contributed by atoms with E-state index in [9.17, 15) is 14.4 Å². The van der Waals surface area contributed by atoms with Gasteiger partial charge in [-0.3, -0.25) is 14.4 Å². The van der Waals surface area contributed by atoms with Crippen LogP contribution in [0.2, 0.25) is 0 Å². The molecule has 4 nitrogen and oxygen atoms in total. The number of fused-ring (bicyclic) bond motifs is 5. The van der Waals surface area contributed by atoms with Crippen LogP contribution in [0.4, 0.5) is 4.39 Å². The smallest absolute Gasteiger partial charge is 0.308 e. The molecule has 4 aliphatic carbocycles. The Morgan fingerprint density at radius 3 is 2.52 bits per heavy atom. The predicted octanol–water partition coefficient (Wildman–Crippen LogP) is 4.09. The third-order valence-corrected chi connectivity index (χ3v) is 8.14. The van der Waals surface area contributed by atoms with E-state index < -0.39 is 23.3 Å². The van der Waals surface area contributed by atoms with Gasteiger partial charge in [-0.05, 0) is 55.4 Å². The van der Waals surface area contributed by atoms with Gasteiger partial charge in [-0.2, -0.15) is 0 Å². The molecule has 0 aromatic carbocycles. The highest BCUT2D eigenvalue weighted by Crippen LogP contribution is 2.65. The Morgan fingerprint density at radius 1 is 1.15 bits per heavy atom. The number of Topliss-reactive ketones (excluding diaryl/α,β-unsaturated/α-hetero) is 2. The maximum Gasteiger partial charge on any atom is 0.308 e. The summed E-state index contributed by atoms with van der Waals surface area (Å²) in [5.74, 6) is -0.260. The Kier molecular flexibility index (Phi) is 4.03. The van der Waals surface area contributed by atoms with Gasteiger partial charge in [-0.15, -0.1) is 0 Å². The summed E-state index contributed by atoms with van der Waals surface area (Å²) in [5.41, 5.74) is -0.665. The molecule has 3 fully saturated rings. The SMILES string of the molecule is C=C1C(=O)C(OC(C)=O)=C2CC[C@@H]3[C@H](CC[C@]4(C)C(=O)CC[C@@H]34)[C@@]2(C)[C@@H]1F. The van der Waals surface area contributed by atoms with Crippen LogP contribution < -0.4 is 0 Å². The molecule has 0 aromatic heterocycles. The molecule has 0 bridgehead atoms. The third kappa shape index (κ3) is 2.29. The van der Waals surface area contributed by atoms with Crippen molar-refractivity contribution in [3.8, 4) is 0 Å². The number of ketones is 2. The lowest BCUT2D eigenvalue weighted by molar-refractivity contribution is -0.142. The Hall–Kier alpha value is -1.78. The molecular weight excluding hydrogens is 347 g/mol. The fourth-order valence-electron chi connectivity index (χ4n) is 6.72. The van der Waals surface area contributed by atoms with Gasteiger partial charge in [0.2, 0.25) is 5.78 Å². The largest absolute Gasteiger partial charge is 0.423 e. The van der Waals surface area contributed by atoms with Crippen LogP contribution in [-0.2, 0) is 19.1 Å². The molecule has 27 heavy (non-hydrogen) atoms. The zero-order valence-corrected chi connectivity index (χ0v) is 16.3. The average molecular weight is 374 g/mol. The fourth-order valence-corrected chi connectivity index (χ4v) is 6.72. The molecule has 146 valence electrons. The van der Waals surface area contributed by atoms with E-state index in [1.165, 1.54) is 6.92 Å². The summed E-state index contributed by atoms with van der Waals surface area (Å²) in [7, 11) is 0. The number of rotatable bonds is 1. The predicted molar refractivity (Wildman–Crippen MR) is 97.2 cm³/mol. The second-order valence-electron chi connectivity index (χ2n) is 9.23. The summed E-state index contributed by atoms with van der Waals surface area (Å²) in [6, 6.07) is 0. The Bertz CT molecular complexity index is 796. The number of ether oxygens (including phenoxy) is 1. The van der Waals surface area contributed by atoms with Crippen molar-refractivity contribution in [1.29, 1.82) is 0 Å². The van der Waals surface area contributed by atoms with Crippen LogP contribution in [0, 0.1) is 28.6 Å². The van der Waals surface area contributed by atoms with E-state index in [2.05, 4.69) is 13.5 Å². The third-order valence-electron chi connectivity index (χ3n) is 8.14. The van der Waals surface area contributed by atoms with Crippen LogP contribution in [0.15, 0.2) is 23.5 Å². The molecular formula is C22H27FO4. The molecule has 0 aromatic rings. The van der Waals surface area contributed by atoms with Crippen LogP contribution >= 0.6 is 0 Å². The molecule has 4 aliphatic rings. The van der Waals surface area contributed by atoms with E-state index >= 15 is 4.39 Å². The lowest BCUT2D eigenvalue weighted by Crippen LogP contribution is -2.55. The number of esters is 1. The number of halogens is 1. The van der Waals surface area contributed by atoms with Crippen molar-refractivity contribution in [3.05, 3.63) is 23.5 Å². The molecule has 4 rings (SSSR count). The first-order valence-corrected chi connectivity index (χ1v) is 9.95. The fraction of sp³-hybridized carbons (Fsp3) is 0.682. The quantitative estimate of drug-likeness (QED) is 0.512. The number of carbonyl (C=O) groups excluding carboxylic acids is 3. The molecule has 0 radical (unpaired) electrons. The highest BCUT2D eigenvalue weighted by atomic mass is 19.1. The summed E-state index contributed by atoms with van der Waals surface area (Å²) >= 11 is 0. The standard InChI is InChI=1S/C22H27FO4/c1-11-18(26)19(27-12(2)24)16-6-5-13-14-7-8-17(25)21(14,3)10-9-15(13)22(16,4)20(11)23/h13-15,20H,1,5-10H2,2-4H3/t13-,14-,15-,20+,21-,22+/m0/s1. The molecule has 6 atom stereocenters. The van der Waals surface area contributed by atoms with Crippen LogP contribution in [0.5, 0.6) is 0 Å². The van der Waals surface area contributed by atoms with Crippen molar-refractivity contribution in [1.82, 2.24) is 0 Å². The highest BCUT2D eigenvalue weighted by Gasteiger charge is 2.63. The van der Waals surface area contributed by atoms with E-state index in [4.69, 9.17) is 4.74 Å². The van der Waals surface area contributed by atoms with Crippen molar-refractivity contribution >= 4 is 17.5 Å². The van der Waals surface area contributed by atoms with Crippen LogP contribution in [0.3, 0.4) is 0 Å². The van der Waals surface area contributed by atoms with Crippen LogP contribution in [0.25, 0.3) is 0 Å². The van der Waals surface area contributed by atoms with E-state index in [0.29, 0.717) is 24.2 Å². The molecule has 0 spiro atoms. The van der Waals surface area contributed by atoms with Crippen molar-refractivity contribution in [2.24, 2.45) is 28.6 Å². The zero-order chi connectivity index (χ0) is 19.7. The summed E-state index contributed by atoms with van der Waals surface area (Å²) < 4.78 is 20.9. The van der Waals surface area contributed by atoms with Crippen molar-refractivity contribution in [2.45, 2.75) is 65.5 Å². The maximum atomic E-state index is 15.6. The van der Waals surface area contributed by atoms with Gasteiger partial charge in [-0.25, -0.2) is 4.39 Å². The Labute approximate surface area is 159 Å². The normalized spacial score (nSPS) is 43.9. The van der Waals surface area contributed by atoms with Gasteiger partial charge in [-0.1, -0.05) is 20.4 Å². The number of alkyl halides is 1. The van der Waals surface area contributed by atoms with Crippen molar-refractivity contribution in [2.75, 3.05) is 0 Å². The van der Waals surface area contributed by atoms with E-state index in [0.717, 1.165) is 25.7 Å². The van der Waals surface area contributed by atoms with Crippen LogP contribution in [0.1, 0.15) is 59.3 Å². The minimum atomic E-state index is -1.48. The molecule has 0 saturated heterocycles. The summed E-state index contributed by atoms with van der Waals surface area (Å²) in [4.78, 5) is 36.7. The number of hydrogen-bond donors (Lipinski definition) is 0. The Morgan fingerprint density at radius 2 is 1.85 bits per heavy atom. The van der Waals surface area contributed by atoms with Gasteiger partial charge >= 0.3 is 5.97 Å². The van der Waals surface area contributed by atoms with Gasteiger partial charge < -0.3 is 4.74 Å². The minimum absolute atomic E-state index is 0.00168. The molecule has 0 N–H and O–H groups in total. The minimum Gasteiger partial charge on any atom is -0.423 e. The highest BCUT2D eigenvalue weighted by molar-refractivity contribution is 6.10. The molecule has 5 heteroatoms. The topological polar surface area (TPSA) is 60.4 Å². The summed E-state index contributed by atoms with van der Waals surface area (Å²) in [6.45, 7) is 8.90. The second kappa shape index (κ2) is 5.86. The first kappa shape index (κ1) is 18.6. The summed E-state index contributed by atoms with van der Waals surface area (Å²) in [5, 5.41) is 0. The number of allylic oxidation sites excluding steroid dienone is 1. The molecule has 0 unspecified atom stereocenters. The number of hydrogen-bond acceptors (Lipinski definition) is 4. The molecule has 0 heterocycles. The van der Waals surface area contributed by atoms with Gasteiger partial charge in [0.25, 0.3) is 0 Å². The van der Waals surface area contributed by atoms with E-state index in [1.54, 1.807) is 0 Å². The van der Waals surface area contributed by atoms with Crippen molar-refractivity contribution in [3.63, 3.8) is 0 Å². The first-order chi connectivity index (χ1) is 12.6. The average Bonchev–Trinajstić information content (AvgIpc) is 2.92. The van der Waals surface area contributed by atoms with Gasteiger partial charge in [0.15, 0.2) is 5.76 Å². The van der Waals surface area contributed by atoms with Crippen molar-refractivity contribution < 1.29 is 23.5 Å². The Balaban J connectivity index is 1.81. The van der Waals surface area contributed by atoms with Gasteiger partial charge in [0.1, 0.15) is 12.0 Å². The molecule has 3 saturated carbocycles. The molecule has 0 aliphatic heterocycles.